The minimum atomic E-state index is -0.621. The first-order valence-electron chi connectivity index (χ1n) is 14.8. The van der Waals surface area contributed by atoms with Crippen molar-refractivity contribution in [1.82, 2.24) is 20.4 Å². The molecule has 3 aliphatic heterocycles. The van der Waals surface area contributed by atoms with Crippen LogP contribution in [0.25, 0.3) is 0 Å². The molecule has 2 fully saturated rings. The van der Waals surface area contributed by atoms with Crippen LogP contribution in [0.5, 0.6) is 0 Å². The maximum absolute atomic E-state index is 13.9. The average molecular weight is 567 g/mol. The minimum Gasteiger partial charge on any atom is -0.381 e. The number of nitrogens with one attached hydrogen (secondary N) is 2. The number of hydrogen-bond donors (Lipinski definition) is 2. The molecule has 2 aromatic carbocycles. The molecule has 0 aliphatic carbocycles. The normalized spacial score (nSPS) is 21.7. The standard InChI is InChI=1S/C32H43ClN4O3/c1-23(2)21-32(11-17-40-18-12-32)37-15-13-36(14-16-37)31(39)29(19-24-7-9-26(33)10-8-24)35-30(38)20-28-27-6-4-3-5-25(27)22-34-28/h3-10,23,28-29,34H,11-22H2,1-2H3,(H,35,38)/t28?,29-/m1/s1. The highest BCUT2D eigenvalue weighted by Gasteiger charge is 2.41. The Morgan fingerprint density at radius 1 is 1.05 bits per heavy atom. The summed E-state index contributed by atoms with van der Waals surface area (Å²) >= 11 is 6.11. The van der Waals surface area contributed by atoms with E-state index in [1.165, 1.54) is 5.56 Å². The lowest BCUT2D eigenvalue weighted by Gasteiger charge is -2.50. The van der Waals surface area contributed by atoms with Gasteiger partial charge < -0.3 is 20.3 Å². The van der Waals surface area contributed by atoms with Gasteiger partial charge in [-0.15, -0.1) is 0 Å². The van der Waals surface area contributed by atoms with E-state index in [0.717, 1.165) is 63.2 Å². The summed E-state index contributed by atoms with van der Waals surface area (Å²) in [5, 5.41) is 7.21. The number of hydrogen-bond acceptors (Lipinski definition) is 5. The number of rotatable bonds is 9. The number of halogens is 1. The van der Waals surface area contributed by atoms with Crippen LogP contribution in [0.1, 0.15) is 62.3 Å². The third kappa shape index (κ3) is 6.88. The van der Waals surface area contributed by atoms with Crippen LogP contribution < -0.4 is 10.6 Å². The van der Waals surface area contributed by atoms with Crippen LogP contribution in [0, 0.1) is 5.92 Å². The van der Waals surface area contributed by atoms with Gasteiger partial charge in [0, 0.05) is 75.4 Å². The van der Waals surface area contributed by atoms with Gasteiger partial charge in [0.25, 0.3) is 0 Å². The van der Waals surface area contributed by atoms with Crippen LogP contribution in [0.2, 0.25) is 5.02 Å². The lowest BCUT2D eigenvalue weighted by molar-refractivity contribution is -0.140. The molecule has 2 saturated heterocycles. The highest BCUT2D eigenvalue weighted by atomic mass is 35.5. The predicted molar refractivity (Wildman–Crippen MR) is 158 cm³/mol. The molecule has 2 aromatic rings. The van der Waals surface area contributed by atoms with Crippen molar-refractivity contribution >= 4 is 23.4 Å². The van der Waals surface area contributed by atoms with Crippen molar-refractivity contribution in [3.05, 3.63) is 70.2 Å². The number of carbonyl (C=O) groups is 2. The van der Waals surface area contributed by atoms with E-state index in [1.807, 2.05) is 41.3 Å². The zero-order chi connectivity index (χ0) is 28.1. The number of benzene rings is 2. The van der Waals surface area contributed by atoms with Gasteiger partial charge in [0.1, 0.15) is 6.04 Å². The Labute approximate surface area is 243 Å². The van der Waals surface area contributed by atoms with Crippen LogP contribution >= 0.6 is 11.6 Å². The second-order valence-corrected chi connectivity index (χ2v) is 12.5. The number of carbonyl (C=O) groups excluding carboxylic acids is 2. The first-order chi connectivity index (χ1) is 19.3. The van der Waals surface area contributed by atoms with Crippen molar-refractivity contribution in [2.75, 3.05) is 39.4 Å². The van der Waals surface area contributed by atoms with Gasteiger partial charge in [0.05, 0.1) is 0 Å². The monoisotopic (exact) mass is 566 g/mol. The summed E-state index contributed by atoms with van der Waals surface area (Å²) in [6.07, 6.45) is 3.98. The Morgan fingerprint density at radius 2 is 1.75 bits per heavy atom. The number of nitrogens with zero attached hydrogens (tertiary/aromatic N) is 2. The summed E-state index contributed by atoms with van der Waals surface area (Å²) in [6, 6.07) is 15.1. The molecule has 8 heteroatoms. The Balaban J connectivity index is 1.25. The van der Waals surface area contributed by atoms with Gasteiger partial charge in [-0.1, -0.05) is 61.8 Å². The molecule has 40 heavy (non-hydrogen) atoms. The molecule has 0 saturated carbocycles. The number of fused-ring (bicyclic) bond motifs is 1. The second kappa shape index (κ2) is 13.0. The largest absolute Gasteiger partial charge is 0.381 e. The van der Waals surface area contributed by atoms with E-state index >= 15 is 0 Å². The molecule has 2 atom stereocenters. The summed E-state index contributed by atoms with van der Waals surface area (Å²) in [5.41, 5.74) is 3.52. The highest BCUT2D eigenvalue weighted by molar-refractivity contribution is 6.30. The smallest absolute Gasteiger partial charge is 0.245 e. The lowest BCUT2D eigenvalue weighted by Crippen LogP contribution is -2.62. The van der Waals surface area contributed by atoms with E-state index in [4.69, 9.17) is 16.3 Å². The molecule has 0 bridgehead atoms. The fourth-order valence-corrected chi connectivity index (χ4v) is 6.96. The molecule has 5 rings (SSSR count). The molecule has 0 spiro atoms. The summed E-state index contributed by atoms with van der Waals surface area (Å²) in [5.74, 6) is 0.490. The summed E-state index contributed by atoms with van der Waals surface area (Å²) in [7, 11) is 0. The Bertz CT molecular complexity index is 1160. The zero-order valence-corrected chi connectivity index (χ0v) is 24.6. The average Bonchev–Trinajstić information content (AvgIpc) is 3.36. The first kappa shape index (κ1) is 29.1. The van der Waals surface area contributed by atoms with Crippen molar-refractivity contribution in [1.29, 1.82) is 0 Å². The maximum atomic E-state index is 13.9. The first-order valence-corrected chi connectivity index (χ1v) is 15.2. The second-order valence-electron chi connectivity index (χ2n) is 12.0. The number of amides is 2. The van der Waals surface area contributed by atoms with Crippen LogP contribution in [-0.2, 0) is 27.3 Å². The SMILES string of the molecule is CC(C)CC1(N2CCN(C(=O)[C@@H](Cc3ccc(Cl)cc3)NC(=O)CC3NCc4ccccc43)CC2)CCOCC1. The molecular weight excluding hydrogens is 524 g/mol. The van der Waals surface area contributed by atoms with Crippen molar-refractivity contribution < 1.29 is 14.3 Å². The fourth-order valence-electron chi connectivity index (χ4n) is 6.84. The van der Waals surface area contributed by atoms with E-state index in [1.54, 1.807) is 0 Å². The van der Waals surface area contributed by atoms with E-state index in [0.29, 0.717) is 36.9 Å². The van der Waals surface area contributed by atoms with Gasteiger partial charge in [0.2, 0.25) is 11.8 Å². The molecular formula is C32H43ClN4O3. The molecule has 2 amide bonds. The molecule has 0 aromatic heterocycles. The van der Waals surface area contributed by atoms with Gasteiger partial charge >= 0.3 is 0 Å². The fraction of sp³-hybridized carbons (Fsp3) is 0.562. The maximum Gasteiger partial charge on any atom is 0.245 e. The van der Waals surface area contributed by atoms with Gasteiger partial charge in [-0.3, -0.25) is 14.5 Å². The van der Waals surface area contributed by atoms with Crippen molar-refractivity contribution in [2.45, 2.75) is 70.1 Å². The topological polar surface area (TPSA) is 73.9 Å². The van der Waals surface area contributed by atoms with Gasteiger partial charge in [-0.05, 0) is 54.0 Å². The molecule has 7 nitrogen and oxygen atoms in total. The lowest BCUT2D eigenvalue weighted by atomic mass is 9.80. The predicted octanol–water partition coefficient (Wildman–Crippen LogP) is 4.34. The van der Waals surface area contributed by atoms with Crippen LogP contribution in [0.15, 0.2) is 48.5 Å². The van der Waals surface area contributed by atoms with Crippen molar-refractivity contribution in [2.24, 2.45) is 5.92 Å². The Hall–Kier alpha value is -2.45. The quantitative estimate of drug-likeness (QED) is 0.472. The third-order valence-corrected chi connectivity index (χ3v) is 9.07. The van der Waals surface area contributed by atoms with E-state index in [-0.39, 0.29) is 23.4 Å². The van der Waals surface area contributed by atoms with Gasteiger partial charge in [-0.2, -0.15) is 0 Å². The summed E-state index contributed by atoms with van der Waals surface area (Å²) in [6.45, 7) is 10.0. The molecule has 216 valence electrons. The van der Waals surface area contributed by atoms with E-state index < -0.39 is 6.04 Å². The summed E-state index contributed by atoms with van der Waals surface area (Å²) < 4.78 is 5.71. The van der Waals surface area contributed by atoms with Crippen LogP contribution in [0.3, 0.4) is 0 Å². The van der Waals surface area contributed by atoms with Crippen molar-refractivity contribution in [3.63, 3.8) is 0 Å². The minimum absolute atomic E-state index is 0.00683. The molecule has 3 heterocycles. The van der Waals surface area contributed by atoms with Gasteiger partial charge in [0.15, 0.2) is 0 Å². The molecule has 3 aliphatic rings. The molecule has 0 radical (unpaired) electrons. The van der Waals surface area contributed by atoms with E-state index in [9.17, 15) is 9.59 Å². The van der Waals surface area contributed by atoms with Crippen molar-refractivity contribution in [3.8, 4) is 0 Å². The Kier molecular flexibility index (Phi) is 9.46. The van der Waals surface area contributed by atoms with Crippen LogP contribution in [-0.4, -0.2) is 72.6 Å². The third-order valence-electron chi connectivity index (χ3n) is 8.82. The number of ether oxygens (including phenoxy) is 1. The van der Waals surface area contributed by atoms with Gasteiger partial charge in [-0.25, -0.2) is 0 Å². The van der Waals surface area contributed by atoms with Crippen LogP contribution in [0.4, 0.5) is 0 Å². The zero-order valence-electron chi connectivity index (χ0n) is 23.8. The molecule has 1 unspecified atom stereocenters. The highest BCUT2D eigenvalue weighted by Crippen LogP contribution is 2.35. The summed E-state index contributed by atoms with van der Waals surface area (Å²) in [4.78, 5) is 31.8. The Morgan fingerprint density at radius 3 is 2.45 bits per heavy atom. The van der Waals surface area contributed by atoms with E-state index in [2.05, 4.69) is 41.5 Å². The number of piperazine rings is 1. The molecule has 2 N–H and O–H groups in total.